The highest BCUT2D eigenvalue weighted by molar-refractivity contribution is 7.98. The largest absolute Gasteiger partial charge is 0.361 e. The lowest BCUT2D eigenvalue weighted by atomic mass is 10.3. The highest BCUT2D eigenvalue weighted by atomic mass is 35.5. The van der Waals surface area contributed by atoms with Crippen LogP contribution in [0.15, 0.2) is 0 Å². The molecule has 0 atom stereocenters. The summed E-state index contributed by atoms with van der Waals surface area (Å²) in [5.74, 6) is 1.18. The Bertz CT molecular complexity index is 346. The van der Waals surface area contributed by atoms with Crippen molar-refractivity contribution < 1.29 is 0 Å². The number of nitrogens with zero attached hydrogens (tertiary/aromatic N) is 2. The van der Waals surface area contributed by atoms with Gasteiger partial charge >= 0.3 is 0 Å². The zero-order valence-corrected chi connectivity index (χ0v) is 10.8. The minimum Gasteiger partial charge on any atom is -0.361 e. The van der Waals surface area contributed by atoms with Crippen LogP contribution < -0.4 is 5.32 Å². The van der Waals surface area contributed by atoms with E-state index in [-0.39, 0.29) is 0 Å². The van der Waals surface area contributed by atoms with E-state index in [1.54, 1.807) is 0 Å². The molecule has 0 radical (unpaired) electrons. The van der Waals surface area contributed by atoms with Gasteiger partial charge in [0.2, 0.25) is 0 Å². The summed E-state index contributed by atoms with van der Waals surface area (Å²) in [4.78, 5) is 4.52. The van der Waals surface area contributed by atoms with Crippen molar-refractivity contribution in [3.63, 3.8) is 0 Å². The smallest absolute Gasteiger partial charge is 0.185 e. The average molecular weight is 262 g/mol. The molecule has 1 aromatic rings. The number of nitriles is 1. The second kappa shape index (κ2) is 6.94. The first kappa shape index (κ1) is 12.6. The molecule has 1 aromatic heterocycles. The Morgan fingerprint density at radius 2 is 2.40 bits per heavy atom. The predicted octanol–water partition coefficient (Wildman–Crippen LogP) is 3.22. The first-order chi connectivity index (χ1) is 7.27. The number of thioether (sulfide) groups is 1. The van der Waals surface area contributed by atoms with E-state index in [2.05, 4.69) is 16.6 Å². The van der Waals surface area contributed by atoms with Gasteiger partial charge < -0.3 is 5.32 Å². The summed E-state index contributed by atoms with van der Waals surface area (Å²) < 4.78 is 0. The second-order valence-corrected chi connectivity index (χ2v) is 5.22. The third-order valence-electron chi connectivity index (χ3n) is 1.74. The Hall–Kier alpha value is -0.440. The molecule has 0 saturated heterocycles. The number of hydrogen-bond acceptors (Lipinski definition) is 5. The predicted molar refractivity (Wildman–Crippen MR) is 67.9 cm³/mol. The number of halogens is 1. The molecule has 82 valence electrons. The van der Waals surface area contributed by atoms with Crippen molar-refractivity contribution >= 4 is 39.8 Å². The molecule has 1 rings (SSSR count). The van der Waals surface area contributed by atoms with Gasteiger partial charge in [0.25, 0.3) is 0 Å². The normalized spacial score (nSPS) is 9.93. The van der Waals surface area contributed by atoms with Gasteiger partial charge in [0.05, 0.1) is 0 Å². The van der Waals surface area contributed by atoms with E-state index in [1.165, 1.54) is 23.5 Å². The molecule has 1 N–H and O–H groups in total. The van der Waals surface area contributed by atoms with Gasteiger partial charge in [-0.2, -0.15) is 17.0 Å². The number of hydrogen-bond donors (Lipinski definition) is 1. The van der Waals surface area contributed by atoms with Crippen molar-refractivity contribution in [2.75, 3.05) is 23.9 Å². The van der Waals surface area contributed by atoms with Crippen molar-refractivity contribution in [3.8, 4) is 6.07 Å². The van der Waals surface area contributed by atoms with Gasteiger partial charge in [0.15, 0.2) is 10.3 Å². The van der Waals surface area contributed by atoms with Gasteiger partial charge in [0, 0.05) is 6.54 Å². The van der Waals surface area contributed by atoms with Gasteiger partial charge in [0.1, 0.15) is 10.9 Å². The van der Waals surface area contributed by atoms with E-state index in [9.17, 15) is 0 Å². The monoisotopic (exact) mass is 261 g/mol. The summed E-state index contributed by atoms with van der Waals surface area (Å²) in [5.41, 5.74) is 0. The van der Waals surface area contributed by atoms with Crippen molar-refractivity contribution in [2.45, 2.75) is 12.8 Å². The standard InChI is InChI=1S/C9H12ClN3S2/c1-14-5-3-2-4-12-9-13-8(10)7(6-11)15-9/h2-5H2,1H3,(H,12,13). The van der Waals surface area contributed by atoms with E-state index in [1.807, 2.05) is 17.8 Å². The molecule has 15 heavy (non-hydrogen) atoms. The molecule has 0 aromatic carbocycles. The van der Waals surface area contributed by atoms with E-state index in [0.29, 0.717) is 10.0 Å². The van der Waals surface area contributed by atoms with Gasteiger partial charge in [-0.25, -0.2) is 4.98 Å². The van der Waals surface area contributed by atoms with Gasteiger partial charge in [-0.3, -0.25) is 0 Å². The maximum absolute atomic E-state index is 8.68. The highest BCUT2D eigenvalue weighted by Crippen LogP contribution is 2.25. The molecule has 0 aliphatic carbocycles. The lowest BCUT2D eigenvalue weighted by molar-refractivity contribution is 0.842. The summed E-state index contributed by atoms with van der Waals surface area (Å²) in [6.45, 7) is 0.884. The fourth-order valence-corrected chi connectivity index (χ4v) is 2.48. The van der Waals surface area contributed by atoms with Crippen LogP contribution in [-0.2, 0) is 0 Å². The molecule has 1 heterocycles. The number of nitrogens with one attached hydrogen (secondary N) is 1. The molecular formula is C9H12ClN3S2. The molecule has 0 unspecified atom stereocenters. The van der Waals surface area contributed by atoms with E-state index < -0.39 is 0 Å². The first-order valence-corrected chi connectivity index (χ1v) is 7.16. The molecule has 0 aliphatic heterocycles. The summed E-state index contributed by atoms with van der Waals surface area (Å²) in [5, 5.41) is 12.9. The quantitative estimate of drug-likeness (QED) is 0.799. The Kier molecular flexibility index (Phi) is 5.84. The van der Waals surface area contributed by atoms with Crippen LogP contribution in [0.4, 0.5) is 5.13 Å². The number of unbranched alkanes of at least 4 members (excludes halogenated alkanes) is 1. The molecule has 0 amide bonds. The zero-order valence-electron chi connectivity index (χ0n) is 8.42. The van der Waals surface area contributed by atoms with Crippen molar-refractivity contribution in [3.05, 3.63) is 10.0 Å². The van der Waals surface area contributed by atoms with Crippen LogP contribution in [0.1, 0.15) is 17.7 Å². The molecule has 0 aliphatic rings. The lowest BCUT2D eigenvalue weighted by Gasteiger charge is -2.00. The minimum atomic E-state index is 0.300. The Balaban J connectivity index is 2.29. The molecule has 0 fully saturated rings. The minimum absolute atomic E-state index is 0.300. The van der Waals surface area contributed by atoms with E-state index in [4.69, 9.17) is 16.9 Å². The van der Waals surface area contributed by atoms with Crippen LogP contribution in [-0.4, -0.2) is 23.5 Å². The summed E-state index contributed by atoms with van der Waals surface area (Å²) >= 11 is 8.90. The van der Waals surface area contributed by atoms with Crippen LogP contribution in [0.2, 0.25) is 5.15 Å². The Morgan fingerprint density at radius 1 is 1.60 bits per heavy atom. The molecule has 0 bridgehead atoms. The number of aromatic nitrogens is 1. The third-order valence-corrected chi connectivity index (χ3v) is 3.74. The van der Waals surface area contributed by atoms with Gasteiger partial charge in [-0.1, -0.05) is 22.9 Å². The van der Waals surface area contributed by atoms with Gasteiger partial charge in [-0.05, 0) is 24.9 Å². The molecular weight excluding hydrogens is 250 g/mol. The third kappa shape index (κ3) is 4.29. The van der Waals surface area contributed by atoms with E-state index in [0.717, 1.165) is 18.1 Å². The molecule has 0 spiro atoms. The molecule has 6 heteroatoms. The average Bonchev–Trinajstić information content (AvgIpc) is 2.59. The summed E-state index contributed by atoms with van der Waals surface area (Å²) in [7, 11) is 0. The maximum atomic E-state index is 8.68. The fraction of sp³-hybridized carbons (Fsp3) is 0.556. The van der Waals surface area contributed by atoms with Crippen LogP contribution in [0.3, 0.4) is 0 Å². The topological polar surface area (TPSA) is 48.7 Å². The fourth-order valence-electron chi connectivity index (χ4n) is 1.01. The molecule has 3 nitrogen and oxygen atoms in total. The number of anilines is 1. The van der Waals surface area contributed by atoms with Crippen LogP contribution in [0.5, 0.6) is 0 Å². The Morgan fingerprint density at radius 3 is 3.00 bits per heavy atom. The van der Waals surface area contributed by atoms with Crippen LogP contribution >= 0.6 is 34.7 Å². The van der Waals surface area contributed by atoms with Crippen LogP contribution in [0.25, 0.3) is 0 Å². The lowest BCUT2D eigenvalue weighted by Crippen LogP contribution is -2.01. The van der Waals surface area contributed by atoms with Crippen molar-refractivity contribution in [2.24, 2.45) is 0 Å². The summed E-state index contributed by atoms with van der Waals surface area (Å²) in [6.07, 6.45) is 4.41. The van der Waals surface area contributed by atoms with Crippen molar-refractivity contribution in [1.82, 2.24) is 4.98 Å². The Labute approximate surface area is 103 Å². The van der Waals surface area contributed by atoms with E-state index >= 15 is 0 Å². The zero-order chi connectivity index (χ0) is 11.1. The second-order valence-electron chi connectivity index (χ2n) is 2.88. The van der Waals surface area contributed by atoms with Crippen molar-refractivity contribution in [1.29, 1.82) is 5.26 Å². The highest BCUT2D eigenvalue weighted by Gasteiger charge is 2.07. The van der Waals surface area contributed by atoms with Gasteiger partial charge in [-0.15, -0.1) is 0 Å². The number of rotatable bonds is 6. The van der Waals surface area contributed by atoms with Crippen LogP contribution in [0, 0.1) is 11.3 Å². The number of thiazole rings is 1. The summed E-state index contributed by atoms with van der Waals surface area (Å²) in [6, 6.07) is 2.01. The maximum Gasteiger partial charge on any atom is 0.185 e. The first-order valence-electron chi connectivity index (χ1n) is 4.57. The molecule has 0 saturated carbocycles. The SMILES string of the molecule is CSCCCCNc1nc(Cl)c(C#N)s1.